The monoisotopic (exact) mass is 258 g/mol. The largest absolute Gasteiger partial charge is 0.265 e. The van der Waals surface area contributed by atoms with Crippen LogP contribution in [-0.4, -0.2) is 0 Å². The predicted octanol–water partition coefficient (Wildman–Crippen LogP) is 4.18. The van der Waals surface area contributed by atoms with Crippen LogP contribution in [0.5, 0.6) is 0 Å². The Hall–Kier alpha value is -0.220. The van der Waals surface area contributed by atoms with Gasteiger partial charge in [0.05, 0.1) is 5.02 Å². The first kappa shape index (κ1) is 9.86. The molecule has 1 rings (SSSR count). The summed E-state index contributed by atoms with van der Waals surface area (Å²) in [5, 5.41) is -0.520. The lowest BCUT2D eigenvalue weighted by molar-refractivity contribution is 0.151. The maximum Gasteiger partial charge on any atom is 0.265 e. The summed E-state index contributed by atoms with van der Waals surface area (Å²) in [4.78, 5) is 0. The molecule has 5 heteroatoms. The number of alkyl halides is 2. The molecule has 12 heavy (non-hydrogen) atoms. The van der Waals surface area contributed by atoms with Crippen molar-refractivity contribution in [2.45, 2.75) is 6.43 Å². The fourth-order valence-corrected chi connectivity index (χ4v) is 1.37. The predicted molar refractivity (Wildman–Crippen MR) is 44.1 cm³/mol. The van der Waals surface area contributed by atoms with Crippen molar-refractivity contribution in [3.8, 4) is 0 Å². The summed E-state index contributed by atoms with van der Waals surface area (Å²) in [5.74, 6) is -0.846. The molecular formula is C7H3BrClF3. The van der Waals surface area contributed by atoms with E-state index in [9.17, 15) is 13.2 Å². The first-order chi connectivity index (χ1) is 5.52. The van der Waals surface area contributed by atoms with Crippen molar-refractivity contribution in [1.82, 2.24) is 0 Å². The van der Waals surface area contributed by atoms with E-state index in [0.717, 1.165) is 12.1 Å². The molecule has 1 aromatic carbocycles. The van der Waals surface area contributed by atoms with Gasteiger partial charge in [-0.25, -0.2) is 13.2 Å². The highest BCUT2D eigenvalue weighted by molar-refractivity contribution is 9.10. The Morgan fingerprint density at radius 2 is 1.92 bits per heavy atom. The molecule has 66 valence electrons. The number of rotatable bonds is 1. The average molecular weight is 259 g/mol. The summed E-state index contributed by atoms with van der Waals surface area (Å²) in [5.41, 5.74) is -0.497. The highest BCUT2D eigenvalue weighted by Gasteiger charge is 2.15. The molecule has 1 aromatic rings. The molecule has 0 spiro atoms. The van der Waals surface area contributed by atoms with Gasteiger partial charge in [0.1, 0.15) is 5.82 Å². The first-order valence-corrected chi connectivity index (χ1v) is 4.12. The van der Waals surface area contributed by atoms with Crippen LogP contribution < -0.4 is 0 Å². The number of hydrogen-bond acceptors (Lipinski definition) is 0. The third-order valence-electron chi connectivity index (χ3n) is 1.26. The van der Waals surface area contributed by atoms with Gasteiger partial charge in [-0.3, -0.25) is 0 Å². The normalized spacial score (nSPS) is 10.8. The molecule has 0 aromatic heterocycles. The van der Waals surface area contributed by atoms with Crippen LogP contribution in [0, 0.1) is 5.82 Å². The van der Waals surface area contributed by atoms with Gasteiger partial charge in [0.2, 0.25) is 0 Å². The third kappa shape index (κ3) is 1.93. The Kier molecular flexibility index (Phi) is 3.01. The van der Waals surface area contributed by atoms with Gasteiger partial charge in [0.25, 0.3) is 6.43 Å². The van der Waals surface area contributed by atoms with E-state index in [1.165, 1.54) is 0 Å². The van der Waals surface area contributed by atoms with Crippen molar-refractivity contribution in [2.75, 3.05) is 0 Å². The molecule has 0 N–H and O–H groups in total. The van der Waals surface area contributed by atoms with Crippen molar-refractivity contribution in [1.29, 1.82) is 0 Å². The van der Waals surface area contributed by atoms with Gasteiger partial charge in [-0.05, 0) is 12.1 Å². The van der Waals surface area contributed by atoms with E-state index in [4.69, 9.17) is 11.6 Å². The van der Waals surface area contributed by atoms with Crippen LogP contribution >= 0.6 is 27.5 Å². The van der Waals surface area contributed by atoms with E-state index >= 15 is 0 Å². The minimum absolute atomic E-state index is 0.250. The Balaban J connectivity index is 3.28. The minimum Gasteiger partial charge on any atom is -0.205 e. The lowest BCUT2D eigenvalue weighted by Crippen LogP contribution is -1.89. The maximum absolute atomic E-state index is 12.7. The van der Waals surface area contributed by atoms with Crippen LogP contribution in [0.2, 0.25) is 5.02 Å². The molecular weight excluding hydrogens is 256 g/mol. The first-order valence-electron chi connectivity index (χ1n) is 2.95. The standard InChI is InChI=1S/C7H3BrClF3/c8-3-1-4(7(11)12)6(9)5(10)2-3/h1-2,7H. The summed E-state index contributed by atoms with van der Waals surface area (Å²) in [6, 6.07) is 2.13. The lowest BCUT2D eigenvalue weighted by atomic mass is 10.2. The van der Waals surface area contributed by atoms with Crippen LogP contribution in [0.15, 0.2) is 16.6 Å². The smallest absolute Gasteiger partial charge is 0.205 e. The zero-order valence-corrected chi connectivity index (χ0v) is 7.96. The molecule has 0 nitrogen and oxygen atoms in total. The topological polar surface area (TPSA) is 0 Å². The molecule has 0 heterocycles. The summed E-state index contributed by atoms with van der Waals surface area (Å²) in [7, 11) is 0. The summed E-state index contributed by atoms with van der Waals surface area (Å²) in [6.45, 7) is 0. The number of benzene rings is 1. The molecule has 0 atom stereocenters. The van der Waals surface area contributed by atoms with Gasteiger partial charge in [0, 0.05) is 10.0 Å². The van der Waals surface area contributed by atoms with Gasteiger partial charge in [-0.2, -0.15) is 0 Å². The molecule has 0 saturated heterocycles. The summed E-state index contributed by atoms with van der Waals surface area (Å²) < 4.78 is 37.2. The van der Waals surface area contributed by atoms with Crippen LogP contribution in [0.4, 0.5) is 13.2 Å². The van der Waals surface area contributed by atoms with Crippen molar-refractivity contribution in [2.24, 2.45) is 0 Å². The molecule has 0 saturated carbocycles. The Bertz CT molecular complexity index is 301. The van der Waals surface area contributed by atoms with Crippen LogP contribution in [0.25, 0.3) is 0 Å². The third-order valence-corrected chi connectivity index (χ3v) is 2.11. The van der Waals surface area contributed by atoms with Gasteiger partial charge in [0.15, 0.2) is 0 Å². The van der Waals surface area contributed by atoms with E-state index < -0.39 is 22.8 Å². The molecule has 0 fully saturated rings. The second-order valence-corrected chi connectivity index (χ2v) is 3.39. The Morgan fingerprint density at radius 3 is 2.42 bits per heavy atom. The minimum atomic E-state index is -2.76. The molecule has 0 radical (unpaired) electrons. The van der Waals surface area contributed by atoms with Crippen molar-refractivity contribution < 1.29 is 13.2 Å². The van der Waals surface area contributed by atoms with E-state index in [1.807, 2.05) is 0 Å². The zero-order chi connectivity index (χ0) is 9.30. The molecule has 0 bridgehead atoms. The van der Waals surface area contributed by atoms with E-state index in [2.05, 4.69) is 15.9 Å². The molecule has 0 aliphatic heterocycles. The number of hydrogen-bond donors (Lipinski definition) is 0. The SMILES string of the molecule is Fc1cc(Br)cc(C(F)F)c1Cl. The highest BCUT2D eigenvalue weighted by atomic mass is 79.9. The van der Waals surface area contributed by atoms with Crippen molar-refractivity contribution >= 4 is 27.5 Å². The van der Waals surface area contributed by atoms with Crippen LogP contribution in [-0.2, 0) is 0 Å². The van der Waals surface area contributed by atoms with E-state index in [0.29, 0.717) is 0 Å². The highest BCUT2D eigenvalue weighted by Crippen LogP contribution is 2.31. The average Bonchev–Trinajstić information content (AvgIpc) is 1.96. The van der Waals surface area contributed by atoms with Crippen LogP contribution in [0.3, 0.4) is 0 Å². The Morgan fingerprint density at radius 1 is 1.33 bits per heavy atom. The molecule has 0 aliphatic rings. The second-order valence-electron chi connectivity index (χ2n) is 2.09. The van der Waals surface area contributed by atoms with Crippen molar-refractivity contribution in [3.63, 3.8) is 0 Å². The summed E-state index contributed by atoms with van der Waals surface area (Å²) in [6.07, 6.45) is -2.76. The van der Waals surface area contributed by atoms with Gasteiger partial charge in [-0.1, -0.05) is 27.5 Å². The fraction of sp³-hybridized carbons (Fsp3) is 0.143. The lowest BCUT2D eigenvalue weighted by Gasteiger charge is -2.03. The van der Waals surface area contributed by atoms with E-state index in [-0.39, 0.29) is 4.47 Å². The molecule has 0 amide bonds. The van der Waals surface area contributed by atoms with Gasteiger partial charge in [-0.15, -0.1) is 0 Å². The van der Waals surface area contributed by atoms with E-state index in [1.54, 1.807) is 0 Å². The van der Waals surface area contributed by atoms with Gasteiger partial charge < -0.3 is 0 Å². The molecule has 0 aliphatic carbocycles. The van der Waals surface area contributed by atoms with Crippen LogP contribution in [0.1, 0.15) is 12.0 Å². The summed E-state index contributed by atoms with van der Waals surface area (Å²) >= 11 is 8.17. The second kappa shape index (κ2) is 3.66. The number of halogens is 5. The quantitative estimate of drug-likeness (QED) is 0.664. The van der Waals surface area contributed by atoms with Crippen molar-refractivity contribution in [3.05, 3.63) is 33.0 Å². The Labute approximate surface area is 80.5 Å². The zero-order valence-electron chi connectivity index (χ0n) is 5.62. The van der Waals surface area contributed by atoms with Gasteiger partial charge >= 0.3 is 0 Å². The fourth-order valence-electron chi connectivity index (χ4n) is 0.735. The molecule has 0 unspecified atom stereocenters. The maximum atomic E-state index is 12.7.